The van der Waals surface area contributed by atoms with Gasteiger partial charge in [0, 0.05) is 25.5 Å². The van der Waals surface area contributed by atoms with E-state index < -0.39 is 0 Å². The highest BCUT2D eigenvalue weighted by Gasteiger charge is 1.98. The van der Waals surface area contributed by atoms with E-state index in [1.165, 1.54) is 18.5 Å². The van der Waals surface area contributed by atoms with Crippen molar-refractivity contribution in [3.8, 4) is 0 Å². The molecule has 12 heavy (non-hydrogen) atoms. The highest BCUT2D eigenvalue weighted by atomic mass is 16.5. The van der Waals surface area contributed by atoms with Crippen molar-refractivity contribution in [3.63, 3.8) is 0 Å². The van der Waals surface area contributed by atoms with Crippen LogP contribution in [0.1, 0.15) is 25.5 Å². The molecule has 0 saturated carbocycles. The van der Waals surface area contributed by atoms with Gasteiger partial charge in [-0.05, 0) is 18.6 Å². The Balaban J connectivity index is 2.51. The SMILES string of the molecule is CCCCn1cccc1COC. The molecule has 0 unspecified atom stereocenters. The molecule has 2 nitrogen and oxygen atoms in total. The molecule has 0 aliphatic heterocycles. The second kappa shape index (κ2) is 4.99. The monoisotopic (exact) mass is 167 g/mol. The molecule has 1 heterocycles. The van der Waals surface area contributed by atoms with E-state index in [2.05, 4.69) is 29.8 Å². The quantitative estimate of drug-likeness (QED) is 0.657. The number of nitrogens with zero attached hydrogens (tertiary/aromatic N) is 1. The normalized spacial score (nSPS) is 10.5. The second-order valence-corrected chi connectivity index (χ2v) is 2.98. The van der Waals surface area contributed by atoms with Crippen LogP contribution in [0.25, 0.3) is 0 Å². The topological polar surface area (TPSA) is 14.2 Å². The Morgan fingerprint density at radius 1 is 1.50 bits per heavy atom. The maximum absolute atomic E-state index is 5.09. The zero-order valence-corrected chi connectivity index (χ0v) is 7.92. The maximum Gasteiger partial charge on any atom is 0.0863 e. The van der Waals surface area contributed by atoms with E-state index in [0.717, 1.165) is 13.2 Å². The van der Waals surface area contributed by atoms with Crippen LogP contribution in [0.2, 0.25) is 0 Å². The van der Waals surface area contributed by atoms with Crippen molar-refractivity contribution >= 4 is 0 Å². The maximum atomic E-state index is 5.09. The van der Waals surface area contributed by atoms with Gasteiger partial charge in [0.1, 0.15) is 0 Å². The summed E-state index contributed by atoms with van der Waals surface area (Å²) >= 11 is 0. The lowest BCUT2D eigenvalue weighted by atomic mass is 10.3. The Hall–Kier alpha value is -0.760. The van der Waals surface area contributed by atoms with Gasteiger partial charge >= 0.3 is 0 Å². The van der Waals surface area contributed by atoms with Crippen LogP contribution in [0.5, 0.6) is 0 Å². The van der Waals surface area contributed by atoms with Crippen molar-refractivity contribution in [1.29, 1.82) is 0 Å². The number of rotatable bonds is 5. The van der Waals surface area contributed by atoms with E-state index in [9.17, 15) is 0 Å². The number of aromatic nitrogens is 1. The highest BCUT2D eigenvalue weighted by Crippen LogP contribution is 2.05. The van der Waals surface area contributed by atoms with Crippen LogP contribution in [0.4, 0.5) is 0 Å². The van der Waals surface area contributed by atoms with Gasteiger partial charge in [-0.25, -0.2) is 0 Å². The Kier molecular flexibility index (Phi) is 3.88. The van der Waals surface area contributed by atoms with Crippen molar-refractivity contribution in [2.45, 2.75) is 32.9 Å². The van der Waals surface area contributed by atoms with E-state index >= 15 is 0 Å². The van der Waals surface area contributed by atoms with Crippen LogP contribution in [-0.4, -0.2) is 11.7 Å². The average Bonchev–Trinajstić information content (AvgIpc) is 2.50. The lowest BCUT2D eigenvalue weighted by Gasteiger charge is -2.06. The van der Waals surface area contributed by atoms with Crippen LogP contribution in [0.3, 0.4) is 0 Å². The Labute approximate surface area is 74.2 Å². The van der Waals surface area contributed by atoms with E-state index in [-0.39, 0.29) is 0 Å². The molecule has 0 bridgehead atoms. The number of hydrogen-bond acceptors (Lipinski definition) is 1. The predicted molar refractivity (Wildman–Crippen MR) is 50.1 cm³/mol. The van der Waals surface area contributed by atoms with Gasteiger partial charge in [-0.15, -0.1) is 0 Å². The second-order valence-electron chi connectivity index (χ2n) is 2.98. The molecule has 0 aliphatic rings. The molecule has 0 aromatic carbocycles. The van der Waals surface area contributed by atoms with Crippen molar-refractivity contribution in [3.05, 3.63) is 24.0 Å². The molecule has 1 rings (SSSR count). The molecule has 68 valence electrons. The third kappa shape index (κ3) is 2.38. The molecule has 0 fully saturated rings. The van der Waals surface area contributed by atoms with E-state index in [0.29, 0.717) is 0 Å². The summed E-state index contributed by atoms with van der Waals surface area (Å²) in [6.45, 7) is 4.04. The first kappa shape index (κ1) is 9.33. The molecular weight excluding hydrogens is 150 g/mol. The standard InChI is InChI=1S/C10H17NO/c1-3-4-7-11-8-5-6-10(11)9-12-2/h5-6,8H,3-4,7,9H2,1-2H3. The summed E-state index contributed by atoms with van der Waals surface area (Å²) < 4.78 is 7.34. The summed E-state index contributed by atoms with van der Waals surface area (Å²) in [5, 5.41) is 0. The first-order valence-electron chi connectivity index (χ1n) is 4.51. The first-order valence-corrected chi connectivity index (χ1v) is 4.51. The minimum absolute atomic E-state index is 0.719. The zero-order valence-electron chi connectivity index (χ0n) is 7.92. The van der Waals surface area contributed by atoms with Crippen LogP contribution in [0.15, 0.2) is 18.3 Å². The average molecular weight is 167 g/mol. The van der Waals surface area contributed by atoms with Crippen LogP contribution < -0.4 is 0 Å². The zero-order chi connectivity index (χ0) is 8.81. The summed E-state index contributed by atoms with van der Waals surface area (Å²) in [6, 6.07) is 4.18. The predicted octanol–water partition coefficient (Wildman–Crippen LogP) is 2.43. The van der Waals surface area contributed by atoms with Gasteiger partial charge in [-0.3, -0.25) is 0 Å². The summed E-state index contributed by atoms with van der Waals surface area (Å²) in [4.78, 5) is 0. The van der Waals surface area contributed by atoms with Crippen LogP contribution in [0, 0.1) is 0 Å². The summed E-state index contributed by atoms with van der Waals surface area (Å²) in [5.74, 6) is 0. The van der Waals surface area contributed by atoms with Crippen molar-refractivity contribution in [2.24, 2.45) is 0 Å². The summed E-state index contributed by atoms with van der Waals surface area (Å²) in [6.07, 6.45) is 4.60. The minimum Gasteiger partial charge on any atom is -0.378 e. The van der Waals surface area contributed by atoms with Gasteiger partial charge in [-0.1, -0.05) is 13.3 Å². The fourth-order valence-corrected chi connectivity index (χ4v) is 1.27. The fourth-order valence-electron chi connectivity index (χ4n) is 1.27. The van der Waals surface area contributed by atoms with Crippen molar-refractivity contribution in [2.75, 3.05) is 7.11 Å². The van der Waals surface area contributed by atoms with Crippen molar-refractivity contribution < 1.29 is 4.74 Å². The van der Waals surface area contributed by atoms with Crippen LogP contribution in [-0.2, 0) is 17.9 Å². The lowest BCUT2D eigenvalue weighted by Crippen LogP contribution is -2.02. The number of aryl methyl sites for hydroxylation is 1. The molecule has 0 spiro atoms. The van der Waals surface area contributed by atoms with E-state index in [1.54, 1.807) is 7.11 Å². The molecule has 0 N–H and O–H groups in total. The van der Waals surface area contributed by atoms with Crippen molar-refractivity contribution in [1.82, 2.24) is 4.57 Å². The first-order chi connectivity index (χ1) is 5.88. The third-order valence-corrected chi connectivity index (χ3v) is 1.97. The molecule has 0 atom stereocenters. The molecule has 0 amide bonds. The molecule has 1 aromatic rings. The van der Waals surface area contributed by atoms with Gasteiger partial charge < -0.3 is 9.30 Å². The Morgan fingerprint density at radius 2 is 2.33 bits per heavy atom. The number of methoxy groups -OCH3 is 1. The van der Waals surface area contributed by atoms with Gasteiger partial charge in [0.2, 0.25) is 0 Å². The molecular formula is C10H17NO. The number of hydrogen-bond donors (Lipinski definition) is 0. The smallest absolute Gasteiger partial charge is 0.0863 e. The Morgan fingerprint density at radius 3 is 3.00 bits per heavy atom. The molecule has 0 radical (unpaired) electrons. The van der Waals surface area contributed by atoms with Gasteiger partial charge in [0.05, 0.1) is 6.61 Å². The highest BCUT2D eigenvalue weighted by molar-refractivity contribution is 5.05. The molecule has 2 heteroatoms. The number of ether oxygens (including phenoxy) is 1. The minimum atomic E-state index is 0.719. The lowest BCUT2D eigenvalue weighted by molar-refractivity contribution is 0.178. The van der Waals surface area contributed by atoms with Crippen LogP contribution >= 0.6 is 0 Å². The fraction of sp³-hybridized carbons (Fsp3) is 0.600. The summed E-state index contributed by atoms with van der Waals surface area (Å²) in [5.41, 5.74) is 1.27. The molecule has 1 aromatic heterocycles. The Bertz CT molecular complexity index is 217. The number of unbranched alkanes of at least 4 members (excludes halogenated alkanes) is 1. The van der Waals surface area contributed by atoms with Gasteiger partial charge in [-0.2, -0.15) is 0 Å². The van der Waals surface area contributed by atoms with Gasteiger partial charge in [0.25, 0.3) is 0 Å². The van der Waals surface area contributed by atoms with E-state index in [4.69, 9.17) is 4.74 Å². The van der Waals surface area contributed by atoms with E-state index in [1.807, 2.05) is 0 Å². The largest absolute Gasteiger partial charge is 0.378 e. The summed E-state index contributed by atoms with van der Waals surface area (Å²) in [7, 11) is 1.73. The third-order valence-electron chi connectivity index (χ3n) is 1.97. The molecule has 0 saturated heterocycles. The van der Waals surface area contributed by atoms with Gasteiger partial charge in [0.15, 0.2) is 0 Å². The molecule has 0 aliphatic carbocycles.